The van der Waals surface area contributed by atoms with Crippen molar-refractivity contribution in [1.29, 1.82) is 0 Å². The third-order valence-corrected chi connectivity index (χ3v) is 4.77. The first-order valence-corrected chi connectivity index (χ1v) is 5.74. The van der Waals surface area contributed by atoms with Crippen molar-refractivity contribution in [3.05, 3.63) is 19.2 Å². The van der Waals surface area contributed by atoms with E-state index in [-0.39, 0.29) is 12.4 Å². The van der Waals surface area contributed by atoms with E-state index in [0.29, 0.717) is 0 Å². The van der Waals surface area contributed by atoms with Gasteiger partial charge in [-0.15, -0.1) is 23.7 Å². The Morgan fingerprint density at radius 3 is 2.57 bits per heavy atom. The largest absolute Gasteiger partial charge is 0.468 e. The van der Waals surface area contributed by atoms with Gasteiger partial charge in [0, 0.05) is 9.35 Å². The van der Waals surface area contributed by atoms with E-state index in [4.69, 9.17) is 5.73 Å². The molecule has 80 valence electrons. The molecule has 1 aromatic rings. The number of rotatable bonds is 2. The average Bonchev–Trinajstić information content (AvgIpc) is 2.44. The normalized spacial score (nSPS) is 11.7. The number of carbonyl (C=O) groups is 1. The zero-order chi connectivity index (χ0) is 10.0. The molecule has 1 rings (SSSR count). The second-order valence-corrected chi connectivity index (χ2v) is 5.53. The minimum atomic E-state index is -0.697. The fraction of sp³-hybridized carbons (Fsp3) is 0.286. The van der Waals surface area contributed by atoms with E-state index in [1.54, 1.807) is 6.07 Å². The van der Waals surface area contributed by atoms with Crippen LogP contribution in [0.15, 0.2) is 14.3 Å². The Morgan fingerprint density at radius 2 is 2.21 bits per heavy atom. The number of halogens is 3. The Balaban J connectivity index is 0.00000169. The van der Waals surface area contributed by atoms with Gasteiger partial charge < -0.3 is 10.5 Å². The van der Waals surface area contributed by atoms with Crippen LogP contribution in [0.2, 0.25) is 0 Å². The van der Waals surface area contributed by atoms with Crippen LogP contribution in [0.3, 0.4) is 0 Å². The molecule has 0 saturated heterocycles. The zero-order valence-corrected chi connectivity index (χ0v) is 11.9. The van der Waals surface area contributed by atoms with Gasteiger partial charge in [-0.1, -0.05) is 0 Å². The van der Waals surface area contributed by atoms with Crippen molar-refractivity contribution >= 4 is 61.6 Å². The van der Waals surface area contributed by atoms with Crippen molar-refractivity contribution in [3.8, 4) is 0 Å². The number of thiophene rings is 1. The summed E-state index contributed by atoms with van der Waals surface area (Å²) in [4.78, 5) is 11.8. The molecule has 0 radical (unpaired) electrons. The van der Waals surface area contributed by atoms with Crippen molar-refractivity contribution in [2.75, 3.05) is 7.11 Å². The smallest absolute Gasteiger partial charge is 0.328 e. The first-order chi connectivity index (χ1) is 6.06. The quantitative estimate of drug-likeness (QED) is 0.820. The molecule has 3 nitrogen and oxygen atoms in total. The summed E-state index contributed by atoms with van der Waals surface area (Å²) in [5, 5.41) is 0. The lowest BCUT2D eigenvalue weighted by atomic mass is 10.2. The van der Waals surface area contributed by atoms with Gasteiger partial charge in [0.15, 0.2) is 0 Å². The molecule has 0 amide bonds. The van der Waals surface area contributed by atoms with Crippen LogP contribution in [0.25, 0.3) is 0 Å². The molecule has 0 aliphatic heterocycles. The summed E-state index contributed by atoms with van der Waals surface area (Å²) < 4.78 is 6.34. The van der Waals surface area contributed by atoms with E-state index in [1.807, 2.05) is 0 Å². The highest BCUT2D eigenvalue weighted by Crippen LogP contribution is 2.34. The van der Waals surface area contributed by atoms with E-state index in [1.165, 1.54) is 18.4 Å². The molecule has 0 bridgehead atoms. The van der Waals surface area contributed by atoms with E-state index >= 15 is 0 Å². The standard InChI is InChI=1S/C7H7Br2NO2S.ClH/c1-12-7(11)5(10)4-2-3(8)6(9)13-4;/h2,5H,10H2,1H3;1H/t5-;/m1./s1. The summed E-state index contributed by atoms with van der Waals surface area (Å²) in [6.07, 6.45) is 0. The van der Waals surface area contributed by atoms with Crippen LogP contribution in [0.1, 0.15) is 10.9 Å². The first kappa shape index (κ1) is 14.4. The first-order valence-electron chi connectivity index (χ1n) is 3.34. The average molecular weight is 365 g/mol. The summed E-state index contributed by atoms with van der Waals surface area (Å²) in [6.45, 7) is 0. The fourth-order valence-electron chi connectivity index (χ4n) is 0.760. The van der Waals surface area contributed by atoms with Crippen molar-refractivity contribution in [1.82, 2.24) is 0 Å². The monoisotopic (exact) mass is 363 g/mol. The fourth-order valence-corrected chi connectivity index (χ4v) is 2.84. The van der Waals surface area contributed by atoms with Crippen molar-refractivity contribution in [3.63, 3.8) is 0 Å². The summed E-state index contributed by atoms with van der Waals surface area (Å²) in [7, 11) is 1.32. The van der Waals surface area contributed by atoms with Gasteiger partial charge >= 0.3 is 5.97 Å². The van der Waals surface area contributed by atoms with E-state index < -0.39 is 12.0 Å². The summed E-state index contributed by atoms with van der Waals surface area (Å²) in [5.74, 6) is -0.429. The minimum absolute atomic E-state index is 0. The third kappa shape index (κ3) is 3.20. The lowest BCUT2D eigenvalue weighted by Crippen LogP contribution is -2.21. The van der Waals surface area contributed by atoms with E-state index in [9.17, 15) is 4.79 Å². The maximum absolute atomic E-state index is 11.1. The predicted octanol–water partition coefficient (Wildman–Crippen LogP) is 2.87. The Bertz CT molecular complexity index is 312. The topological polar surface area (TPSA) is 52.3 Å². The van der Waals surface area contributed by atoms with Crippen molar-refractivity contribution < 1.29 is 9.53 Å². The number of methoxy groups -OCH3 is 1. The molecule has 0 saturated carbocycles. The highest BCUT2D eigenvalue weighted by atomic mass is 79.9. The molecule has 14 heavy (non-hydrogen) atoms. The second-order valence-electron chi connectivity index (χ2n) is 2.27. The van der Waals surface area contributed by atoms with Crippen molar-refractivity contribution in [2.45, 2.75) is 6.04 Å². The number of ether oxygens (including phenoxy) is 1. The molecule has 0 unspecified atom stereocenters. The van der Waals surface area contributed by atoms with Crippen LogP contribution in [0.5, 0.6) is 0 Å². The molecule has 0 aliphatic carbocycles. The highest BCUT2D eigenvalue weighted by molar-refractivity contribution is 9.13. The summed E-state index contributed by atoms with van der Waals surface area (Å²) in [5.41, 5.74) is 5.63. The Kier molecular flexibility index (Phi) is 6.24. The summed E-state index contributed by atoms with van der Waals surface area (Å²) in [6, 6.07) is 1.11. The minimum Gasteiger partial charge on any atom is -0.468 e. The van der Waals surface area contributed by atoms with Gasteiger partial charge in [0.1, 0.15) is 6.04 Å². The van der Waals surface area contributed by atoms with Gasteiger partial charge in [-0.25, -0.2) is 4.79 Å². The van der Waals surface area contributed by atoms with Gasteiger partial charge in [-0.3, -0.25) is 0 Å². The molecule has 0 fully saturated rings. The molecule has 1 heterocycles. The third-order valence-electron chi connectivity index (χ3n) is 1.43. The van der Waals surface area contributed by atoms with Gasteiger partial charge in [-0.05, 0) is 37.9 Å². The number of hydrogen-bond donors (Lipinski definition) is 1. The van der Waals surface area contributed by atoms with E-state index in [2.05, 4.69) is 36.6 Å². The molecular weight excluding hydrogens is 357 g/mol. The number of hydrogen-bond acceptors (Lipinski definition) is 4. The molecule has 0 aromatic carbocycles. The number of esters is 1. The van der Waals surface area contributed by atoms with Crippen LogP contribution in [0, 0.1) is 0 Å². The predicted molar refractivity (Wildman–Crippen MR) is 65.9 cm³/mol. The van der Waals surface area contributed by atoms with Crippen LogP contribution in [-0.2, 0) is 9.53 Å². The van der Waals surface area contributed by atoms with Crippen LogP contribution in [0.4, 0.5) is 0 Å². The van der Waals surface area contributed by atoms with Gasteiger partial charge in [0.25, 0.3) is 0 Å². The Morgan fingerprint density at radius 1 is 1.64 bits per heavy atom. The lowest BCUT2D eigenvalue weighted by molar-refractivity contribution is -0.142. The second kappa shape index (κ2) is 6.07. The molecule has 0 spiro atoms. The highest BCUT2D eigenvalue weighted by Gasteiger charge is 2.19. The van der Waals surface area contributed by atoms with E-state index in [0.717, 1.165) is 13.1 Å². The molecule has 2 N–H and O–H groups in total. The number of nitrogens with two attached hydrogens (primary N) is 1. The summed E-state index contributed by atoms with van der Waals surface area (Å²) >= 11 is 8.04. The van der Waals surface area contributed by atoms with Crippen LogP contribution >= 0.6 is 55.6 Å². The molecule has 0 aliphatic rings. The Hall–Kier alpha value is 0.380. The van der Waals surface area contributed by atoms with Crippen molar-refractivity contribution in [2.24, 2.45) is 5.73 Å². The molecule has 7 heteroatoms. The molecule has 1 aromatic heterocycles. The van der Waals surface area contributed by atoms with Crippen LogP contribution < -0.4 is 5.73 Å². The molecular formula is C7H8Br2ClNO2S. The zero-order valence-electron chi connectivity index (χ0n) is 7.12. The lowest BCUT2D eigenvalue weighted by Gasteiger charge is -2.05. The van der Waals surface area contributed by atoms with Gasteiger partial charge in [0.05, 0.1) is 10.9 Å². The number of carbonyl (C=O) groups excluding carboxylic acids is 1. The maximum atomic E-state index is 11.1. The Labute approximate surface area is 109 Å². The van der Waals surface area contributed by atoms with Gasteiger partial charge in [0.2, 0.25) is 0 Å². The SMILES string of the molecule is COC(=O)[C@H](N)c1cc(Br)c(Br)s1.Cl. The van der Waals surface area contributed by atoms with Crippen LogP contribution in [-0.4, -0.2) is 13.1 Å². The molecule has 1 atom stereocenters. The maximum Gasteiger partial charge on any atom is 0.328 e. The van der Waals surface area contributed by atoms with Gasteiger partial charge in [-0.2, -0.15) is 0 Å².